The molecule has 1 heterocycles. The third kappa shape index (κ3) is 2.50. The predicted molar refractivity (Wildman–Crippen MR) is 51.2 cm³/mol. The standard InChI is InChI=1S/C8H10N4OS/c1-5(3-9)8(13)10-6(2)7-4-14-12-11-7/h4-6H,1-2H3,(H,10,13). The minimum Gasteiger partial charge on any atom is -0.347 e. The lowest BCUT2D eigenvalue weighted by Crippen LogP contribution is -2.31. The maximum Gasteiger partial charge on any atom is 0.237 e. The van der Waals surface area contributed by atoms with Gasteiger partial charge in [-0.15, -0.1) is 5.10 Å². The summed E-state index contributed by atoms with van der Waals surface area (Å²) in [5.41, 5.74) is 0.716. The van der Waals surface area contributed by atoms with Gasteiger partial charge in [0.05, 0.1) is 17.8 Å². The summed E-state index contributed by atoms with van der Waals surface area (Å²) in [5.74, 6) is -0.919. The van der Waals surface area contributed by atoms with Crippen LogP contribution in [-0.2, 0) is 4.79 Å². The molecule has 0 aliphatic heterocycles. The lowest BCUT2D eigenvalue weighted by molar-refractivity contribution is -0.123. The summed E-state index contributed by atoms with van der Waals surface area (Å²) in [6.07, 6.45) is 0. The quantitative estimate of drug-likeness (QED) is 0.803. The highest BCUT2D eigenvalue weighted by molar-refractivity contribution is 7.03. The molecule has 0 radical (unpaired) electrons. The Hall–Kier alpha value is -1.48. The second-order valence-corrected chi connectivity index (χ2v) is 3.52. The molecular weight excluding hydrogens is 200 g/mol. The van der Waals surface area contributed by atoms with Crippen LogP contribution in [0.15, 0.2) is 5.38 Å². The fourth-order valence-electron chi connectivity index (χ4n) is 0.831. The Morgan fingerprint density at radius 1 is 1.71 bits per heavy atom. The first-order valence-electron chi connectivity index (χ1n) is 4.12. The zero-order chi connectivity index (χ0) is 10.6. The van der Waals surface area contributed by atoms with Crippen LogP contribution in [0, 0.1) is 17.2 Å². The third-order valence-corrected chi connectivity index (χ3v) is 2.29. The van der Waals surface area contributed by atoms with Crippen LogP contribution in [-0.4, -0.2) is 15.5 Å². The van der Waals surface area contributed by atoms with Crippen molar-refractivity contribution in [3.05, 3.63) is 11.1 Å². The van der Waals surface area contributed by atoms with Crippen LogP contribution < -0.4 is 5.32 Å². The first-order valence-corrected chi connectivity index (χ1v) is 4.95. The average Bonchev–Trinajstić information content (AvgIpc) is 2.69. The molecule has 0 fully saturated rings. The molecule has 5 nitrogen and oxygen atoms in total. The number of carbonyl (C=O) groups excluding carboxylic acids is 1. The van der Waals surface area contributed by atoms with Gasteiger partial charge in [0, 0.05) is 5.38 Å². The molecule has 2 atom stereocenters. The summed E-state index contributed by atoms with van der Waals surface area (Å²) in [6.45, 7) is 3.36. The molecule has 0 saturated heterocycles. The van der Waals surface area contributed by atoms with Crippen molar-refractivity contribution in [2.24, 2.45) is 5.92 Å². The molecule has 0 aliphatic rings. The summed E-state index contributed by atoms with van der Waals surface area (Å²) in [4.78, 5) is 11.3. The third-order valence-electron chi connectivity index (χ3n) is 1.77. The van der Waals surface area contributed by atoms with E-state index < -0.39 is 5.92 Å². The summed E-state index contributed by atoms with van der Waals surface area (Å²) in [5, 5.41) is 16.8. The van der Waals surface area contributed by atoms with E-state index in [9.17, 15) is 4.79 Å². The van der Waals surface area contributed by atoms with Crippen LogP contribution in [0.2, 0.25) is 0 Å². The molecule has 0 aromatic carbocycles. The largest absolute Gasteiger partial charge is 0.347 e. The van der Waals surface area contributed by atoms with Gasteiger partial charge in [0.25, 0.3) is 0 Å². The Balaban J connectivity index is 2.54. The number of hydrogen-bond acceptors (Lipinski definition) is 5. The summed E-state index contributed by atoms with van der Waals surface area (Å²) in [7, 11) is 0. The molecule has 1 aromatic heterocycles. The molecular formula is C8H10N4OS. The molecule has 14 heavy (non-hydrogen) atoms. The Labute approximate surface area is 85.9 Å². The van der Waals surface area contributed by atoms with Crippen molar-refractivity contribution in [1.29, 1.82) is 5.26 Å². The number of amides is 1. The number of rotatable bonds is 3. The van der Waals surface area contributed by atoms with Crippen LogP contribution in [0.25, 0.3) is 0 Å². The maximum atomic E-state index is 11.3. The first-order chi connectivity index (χ1) is 6.65. The average molecular weight is 210 g/mol. The second-order valence-electron chi connectivity index (χ2n) is 2.91. The molecule has 1 amide bonds. The van der Waals surface area contributed by atoms with E-state index in [1.54, 1.807) is 19.2 Å². The molecule has 0 saturated carbocycles. The fourth-order valence-corrected chi connectivity index (χ4v) is 1.38. The van der Waals surface area contributed by atoms with Crippen molar-refractivity contribution < 1.29 is 4.79 Å². The zero-order valence-electron chi connectivity index (χ0n) is 7.89. The Morgan fingerprint density at radius 3 is 2.93 bits per heavy atom. The molecule has 6 heteroatoms. The van der Waals surface area contributed by atoms with Crippen LogP contribution in [0.5, 0.6) is 0 Å². The smallest absolute Gasteiger partial charge is 0.237 e. The van der Waals surface area contributed by atoms with Crippen molar-refractivity contribution in [2.75, 3.05) is 0 Å². The SMILES string of the molecule is CC(C#N)C(=O)NC(C)c1csnn1. The summed E-state index contributed by atoms with van der Waals surface area (Å²) in [6, 6.07) is 1.67. The van der Waals surface area contributed by atoms with Gasteiger partial charge in [0.15, 0.2) is 0 Å². The molecule has 1 N–H and O–H groups in total. The van der Waals surface area contributed by atoms with Crippen LogP contribution in [0.3, 0.4) is 0 Å². The van der Waals surface area contributed by atoms with Crippen LogP contribution >= 0.6 is 11.5 Å². The van der Waals surface area contributed by atoms with Crippen molar-refractivity contribution >= 4 is 17.4 Å². The van der Waals surface area contributed by atoms with Gasteiger partial charge in [-0.25, -0.2) is 0 Å². The predicted octanol–water partition coefficient (Wildman–Crippen LogP) is 0.875. The van der Waals surface area contributed by atoms with Gasteiger partial charge in [-0.05, 0) is 25.4 Å². The normalized spacial score (nSPS) is 14.1. The lowest BCUT2D eigenvalue weighted by atomic mass is 10.1. The topological polar surface area (TPSA) is 78.7 Å². The molecule has 0 aliphatic carbocycles. The molecule has 74 valence electrons. The highest BCUT2D eigenvalue weighted by atomic mass is 32.1. The van der Waals surface area contributed by atoms with E-state index in [0.29, 0.717) is 5.69 Å². The van der Waals surface area contributed by atoms with E-state index in [0.717, 1.165) is 0 Å². The fraction of sp³-hybridized carbons (Fsp3) is 0.500. The van der Waals surface area contributed by atoms with Crippen LogP contribution in [0.4, 0.5) is 0 Å². The van der Waals surface area contributed by atoms with Gasteiger partial charge in [-0.2, -0.15) is 5.26 Å². The monoisotopic (exact) mass is 210 g/mol. The Bertz CT molecular complexity index is 343. The first kappa shape index (κ1) is 10.6. The highest BCUT2D eigenvalue weighted by Gasteiger charge is 2.16. The number of hydrogen-bond donors (Lipinski definition) is 1. The Kier molecular flexibility index (Phi) is 3.54. The minimum atomic E-state index is -0.635. The van der Waals surface area contributed by atoms with E-state index in [2.05, 4.69) is 14.9 Å². The van der Waals surface area contributed by atoms with Crippen molar-refractivity contribution in [2.45, 2.75) is 19.9 Å². The van der Waals surface area contributed by atoms with E-state index in [1.807, 2.05) is 6.07 Å². The van der Waals surface area contributed by atoms with Crippen LogP contribution in [0.1, 0.15) is 25.6 Å². The van der Waals surface area contributed by atoms with Crippen molar-refractivity contribution in [3.63, 3.8) is 0 Å². The van der Waals surface area contributed by atoms with Crippen molar-refractivity contribution in [3.8, 4) is 6.07 Å². The number of nitrogens with zero attached hydrogens (tertiary/aromatic N) is 3. The Morgan fingerprint density at radius 2 is 2.43 bits per heavy atom. The number of nitriles is 1. The van der Waals surface area contributed by atoms with E-state index in [1.165, 1.54) is 11.5 Å². The van der Waals surface area contributed by atoms with Gasteiger partial charge in [-0.3, -0.25) is 4.79 Å². The number of aromatic nitrogens is 2. The highest BCUT2D eigenvalue weighted by Crippen LogP contribution is 2.10. The number of nitrogens with one attached hydrogen (secondary N) is 1. The molecule has 0 spiro atoms. The van der Waals surface area contributed by atoms with Gasteiger partial charge >= 0.3 is 0 Å². The van der Waals surface area contributed by atoms with Gasteiger partial charge in [-0.1, -0.05) is 4.49 Å². The lowest BCUT2D eigenvalue weighted by Gasteiger charge is -2.11. The van der Waals surface area contributed by atoms with Gasteiger partial charge in [0.2, 0.25) is 5.91 Å². The maximum absolute atomic E-state index is 11.3. The van der Waals surface area contributed by atoms with E-state index >= 15 is 0 Å². The molecule has 1 rings (SSSR count). The summed E-state index contributed by atoms with van der Waals surface area (Å²) < 4.78 is 3.69. The van der Waals surface area contributed by atoms with E-state index in [-0.39, 0.29) is 11.9 Å². The minimum absolute atomic E-state index is 0.197. The molecule has 2 unspecified atom stereocenters. The zero-order valence-corrected chi connectivity index (χ0v) is 8.71. The second kappa shape index (κ2) is 4.67. The molecule has 1 aromatic rings. The summed E-state index contributed by atoms with van der Waals surface area (Å²) >= 11 is 1.23. The van der Waals surface area contributed by atoms with E-state index in [4.69, 9.17) is 5.26 Å². The van der Waals surface area contributed by atoms with Gasteiger partial charge in [0.1, 0.15) is 5.92 Å². The number of carbonyl (C=O) groups is 1. The van der Waals surface area contributed by atoms with Crippen molar-refractivity contribution in [1.82, 2.24) is 14.9 Å². The van der Waals surface area contributed by atoms with Gasteiger partial charge < -0.3 is 5.32 Å². The molecule has 0 bridgehead atoms.